The largest absolute Gasteiger partial charge is 0.382 e. The van der Waals surface area contributed by atoms with E-state index in [0.29, 0.717) is 11.6 Å². The molecule has 1 atom stereocenters. The van der Waals surface area contributed by atoms with Crippen LogP contribution in [0.2, 0.25) is 5.02 Å². The number of carbonyl (C=O) groups is 1. The third-order valence-corrected chi connectivity index (χ3v) is 3.09. The van der Waals surface area contributed by atoms with Gasteiger partial charge in [0.25, 0.3) is 0 Å². The van der Waals surface area contributed by atoms with Gasteiger partial charge in [-0.1, -0.05) is 18.5 Å². The first kappa shape index (κ1) is 14.9. The van der Waals surface area contributed by atoms with Crippen LogP contribution in [-0.4, -0.2) is 33.4 Å². The summed E-state index contributed by atoms with van der Waals surface area (Å²) in [4.78, 5) is 10.7. The second-order valence-electron chi connectivity index (χ2n) is 3.93. The molecule has 0 aliphatic rings. The predicted octanol–water partition coefficient (Wildman–Crippen LogP) is 0.0546. The molecule has 1 heterocycles. The van der Waals surface area contributed by atoms with E-state index in [1.165, 1.54) is 0 Å². The molecule has 0 aliphatic heterocycles. The van der Waals surface area contributed by atoms with Crippen LogP contribution in [0, 0.1) is 0 Å². The number of aryl methyl sites for hydroxylation is 2. The number of halogens is 1. The molecule has 0 saturated heterocycles. The summed E-state index contributed by atoms with van der Waals surface area (Å²) >= 11 is 6.21. The van der Waals surface area contributed by atoms with Crippen molar-refractivity contribution in [1.82, 2.24) is 15.1 Å². The lowest BCUT2D eigenvalue weighted by atomic mass is 10.3. The second-order valence-corrected chi connectivity index (χ2v) is 4.30. The van der Waals surface area contributed by atoms with Crippen molar-refractivity contribution in [1.29, 1.82) is 0 Å². The van der Waals surface area contributed by atoms with E-state index in [1.807, 2.05) is 18.5 Å². The van der Waals surface area contributed by atoms with E-state index >= 15 is 0 Å². The number of rotatable bonds is 7. The van der Waals surface area contributed by atoms with Crippen LogP contribution in [0.3, 0.4) is 0 Å². The van der Waals surface area contributed by atoms with Gasteiger partial charge in [-0.3, -0.25) is 9.48 Å². The molecule has 0 fully saturated rings. The molecule has 6 nitrogen and oxygen atoms in total. The fourth-order valence-corrected chi connectivity index (χ4v) is 1.95. The predicted molar refractivity (Wildman–Crippen MR) is 69.2 cm³/mol. The summed E-state index contributed by atoms with van der Waals surface area (Å²) < 4.78 is 1.81. The maximum atomic E-state index is 10.7. The first-order chi connectivity index (χ1) is 8.51. The van der Waals surface area contributed by atoms with Crippen molar-refractivity contribution in [2.45, 2.75) is 39.5 Å². The maximum Gasteiger partial charge on any atom is 0.247 e. The van der Waals surface area contributed by atoms with Gasteiger partial charge in [-0.2, -0.15) is 5.10 Å². The number of primary amides is 1. The Balaban J connectivity index is 2.66. The number of hydrogen-bond acceptors (Lipinski definition) is 4. The minimum atomic E-state index is -1.19. The monoisotopic (exact) mass is 274 g/mol. The van der Waals surface area contributed by atoms with Gasteiger partial charge in [-0.05, 0) is 13.3 Å². The summed E-state index contributed by atoms with van der Waals surface area (Å²) in [5.74, 6) is -0.744. The summed E-state index contributed by atoms with van der Waals surface area (Å²) in [5.41, 5.74) is 6.66. The molecule has 0 aliphatic carbocycles. The van der Waals surface area contributed by atoms with Crippen LogP contribution < -0.4 is 11.1 Å². The summed E-state index contributed by atoms with van der Waals surface area (Å²) in [7, 11) is 0. The number of nitrogens with two attached hydrogens (primary N) is 1. The van der Waals surface area contributed by atoms with Crippen molar-refractivity contribution in [3.8, 4) is 0 Å². The average Bonchev–Trinajstić information content (AvgIpc) is 2.65. The number of amides is 1. The van der Waals surface area contributed by atoms with Gasteiger partial charge in [0.2, 0.25) is 5.91 Å². The summed E-state index contributed by atoms with van der Waals surface area (Å²) in [6.45, 7) is 5.22. The minimum absolute atomic E-state index is 0.0992. The van der Waals surface area contributed by atoms with Crippen molar-refractivity contribution in [3.05, 3.63) is 16.4 Å². The molecule has 0 bridgehead atoms. The standard InChI is InChI=1S/C11H19ClN4O2/c1-3-7-10(12)8(16(4-2)15-7)5-14-6-9(17)11(13)18/h9,14,17H,3-6H2,1-2H3,(H2,13,18). The van der Waals surface area contributed by atoms with Gasteiger partial charge in [-0.15, -0.1) is 0 Å². The van der Waals surface area contributed by atoms with Crippen LogP contribution in [0.4, 0.5) is 0 Å². The average molecular weight is 275 g/mol. The summed E-state index contributed by atoms with van der Waals surface area (Å²) in [5, 5.41) is 17.2. The van der Waals surface area contributed by atoms with Crippen molar-refractivity contribution >= 4 is 17.5 Å². The van der Waals surface area contributed by atoms with E-state index in [0.717, 1.165) is 24.4 Å². The van der Waals surface area contributed by atoms with Gasteiger partial charge in [-0.25, -0.2) is 0 Å². The molecule has 1 unspecified atom stereocenters. The third-order valence-electron chi connectivity index (χ3n) is 2.65. The van der Waals surface area contributed by atoms with Gasteiger partial charge in [0.15, 0.2) is 0 Å². The summed E-state index contributed by atoms with van der Waals surface area (Å²) in [6.07, 6.45) is -0.421. The van der Waals surface area contributed by atoms with Crippen LogP contribution in [0.15, 0.2) is 0 Å². The van der Waals surface area contributed by atoms with E-state index in [9.17, 15) is 9.90 Å². The van der Waals surface area contributed by atoms with Gasteiger partial charge in [0, 0.05) is 19.6 Å². The quantitative estimate of drug-likeness (QED) is 0.655. The second kappa shape index (κ2) is 6.72. The summed E-state index contributed by atoms with van der Waals surface area (Å²) in [6, 6.07) is 0. The normalized spacial score (nSPS) is 12.7. The SMILES string of the molecule is CCc1nn(CC)c(CNCC(O)C(N)=O)c1Cl. The van der Waals surface area contributed by atoms with Gasteiger partial charge in [0.05, 0.1) is 16.4 Å². The van der Waals surface area contributed by atoms with Crippen molar-refractivity contribution in [2.75, 3.05) is 6.54 Å². The highest BCUT2D eigenvalue weighted by atomic mass is 35.5. The van der Waals surface area contributed by atoms with Crippen molar-refractivity contribution < 1.29 is 9.90 Å². The Morgan fingerprint density at radius 2 is 2.28 bits per heavy atom. The number of nitrogens with one attached hydrogen (secondary N) is 1. The highest BCUT2D eigenvalue weighted by Gasteiger charge is 2.15. The van der Waals surface area contributed by atoms with E-state index in [2.05, 4.69) is 10.4 Å². The minimum Gasteiger partial charge on any atom is -0.382 e. The molecule has 102 valence electrons. The molecule has 18 heavy (non-hydrogen) atoms. The number of aliphatic hydroxyl groups excluding tert-OH is 1. The molecule has 0 radical (unpaired) electrons. The van der Waals surface area contributed by atoms with E-state index in [-0.39, 0.29) is 6.54 Å². The molecule has 7 heteroatoms. The Bertz CT molecular complexity index is 419. The van der Waals surface area contributed by atoms with Crippen LogP contribution in [0.1, 0.15) is 25.2 Å². The number of carbonyl (C=O) groups excluding carboxylic acids is 1. The topological polar surface area (TPSA) is 93.2 Å². The molecule has 1 aromatic heterocycles. The molecule has 0 spiro atoms. The zero-order valence-electron chi connectivity index (χ0n) is 10.6. The Hall–Kier alpha value is -1.11. The van der Waals surface area contributed by atoms with Crippen LogP contribution in [0.5, 0.6) is 0 Å². The fourth-order valence-electron chi connectivity index (χ4n) is 1.61. The van der Waals surface area contributed by atoms with Crippen molar-refractivity contribution in [2.24, 2.45) is 5.73 Å². The van der Waals surface area contributed by atoms with Gasteiger partial charge >= 0.3 is 0 Å². The van der Waals surface area contributed by atoms with Gasteiger partial charge in [0.1, 0.15) is 6.10 Å². The zero-order valence-corrected chi connectivity index (χ0v) is 11.4. The Labute approximate surface area is 111 Å². The molecule has 1 rings (SSSR count). The Kier molecular flexibility index (Phi) is 5.58. The van der Waals surface area contributed by atoms with E-state index in [1.54, 1.807) is 0 Å². The molecule has 1 amide bonds. The number of nitrogens with zero attached hydrogens (tertiary/aromatic N) is 2. The molecule has 0 aromatic carbocycles. The van der Waals surface area contributed by atoms with Crippen molar-refractivity contribution in [3.63, 3.8) is 0 Å². The maximum absolute atomic E-state index is 10.7. The number of aromatic nitrogens is 2. The molecular formula is C11H19ClN4O2. The molecular weight excluding hydrogens is 256 g/mol. The van der Waals surface area contributed by atoms with Crippen LogP contribution in [0.25, 0.3) is 0 Å². The Morgan fingerprint density at radius 1 is 1.61 bits per heavy atom. The smallest absolute Gasteiger partial charge is 0.247 e. The van der Waals surface area contributed by atoms with E-state index < -0.39 is 12.0 Å². The highest BCUT2D eigenvalue weighted by molar-refractivity contribution is 6.31. The molecule has 1 aromatic rings. The first-order valence-electron chi connectivity index (χ1n) is 5.93. The van der Waals surface area contributed by atoms with Crippen LogP contribution in [-0.2, 0) is 24.3 Å². The zero-order chi connectivity index (χ0) is 13.7. The lowest BCUT2D eigenvalue weighted by molar-refractivity contribution is -0.125. The molecule has 0 saturated carbocycles. The fraction of sp³-hybridized carbons (Fsp3) is 0.636. The van der Waals surface area contributed by atoms with Crippen LogP contribution >= 0.6 is 11.6 Å². The number of hydrogen-bond donors (Lipinski definition) is 3. The lowest BCUT2D eigenvalue weighted by Gasteiger charge is -2.09. The molecule has 4 N–H and O–H groups in total. The third kappa shape index (κ3) is 3.44. The van der Waals surface area contributed by atoms with E-state index in [4.69, 9.17) is 17.3 Å². The first-order valence-corrected chi connectivity index (χ1v) is 6.31. The highest BCUT2D eigenvalue weighted by Crippen LogP contribution is 2.21. The number of aliphatic hydroxyl groups is 1. The Morgan fingerprint density at radius 3 is 2.78 bits per heavy atom. The van der Waals surface area contributed by atoms with Gasteiger partial charge < -0.3 is 16.2 Å². The lowest BCUT2D eigenvalue weighted by Crippen LogP contribution is -2.37.